The summed E-state index contributed by atoms with van der Waals surface area (Å²) in [4.78, 5) is 22.3. The molecule has 0 aliphatic carbocycles. The predicted octanol–water partition coefficient (Wildman–Crippen LogP) is 2.31. The van der Waals surface area contributed by atoms with Crippen molar-refractivity contribution in [2.45, 2.75) is 57.2 Å². The number of aromatic nitrogens is 2. The molecule has 2 fully saturated rings. The molecule has 7 nitrogen and oxygen atoms in total. The molecule has 0 radical (unpaired) electrons. The number of rotatable bonds is 5. The van der Waals surface area contributed by atoms with Crippen LogP contribution in [0.2, 0.25) is 0 Å². The lowest BCUT2D eigenvalue weighted by atomic mass is 9.96. The van der Waals surface area contributed by atoms with E-state index in [0.29, 0.717) is 24.9 Å². The lowest BCUT2D eigenvalue weighted by Crippen LogP contribution is -2.64. The third-order valence-corrected chi connectivity index (χ3v) is 5.04. The molecule has 1 N–H and O–H groups in total. The van der Waals surface area contributed by atoms with Crippen LogP contribution in [0.5, 0.6) is 0 Å². The molecule has 1 aromatic heterocycles. The third kappa shape index (κ3) is 4.86. The van der Waals surface area contributed by atoms with Gasteiger partial charge >= 0.3 is 6.36 Å². The maximum Gasteiger partial charge on any atom is 0.522 e. The van der Waals surface area contributed by atoms with Crippen LogP contribution in [0.3, 0.4) is 0 Å². The number of amides is 1. The van der Waals surface area contributed by atoms with Crippen LogP contribution in [0.15, 0.2) is 12.4 Å². The highest BCUT2D eigenvalue weighted by atomic mass is 19.4. The topological polar surface area (TPSA) is 76.6 Å². The minimum atomic E-state index is -4.69. The molecule has 10 heteroatoms. The van der Waals surface area contributed by atoms with E-state index in [2.05, 4.69) is 20.0 Å². The fourth-order valence-corrected chi connectivity index (χ4v) is 3.37. The number of anilines is 1. The van der Waals surface area contributed by atoms with Crippen molar-refractivity contribution >= 4 is 11.7 Å². The zero-order valence-corrected chi connectivity index (χ0v) is 15.2. The van der Waals surface area contributed by atoms with Gasteiger partial charge in [0.25, 0.3) is 0 Å². The molecule has 1 amide bonds. The van der Waals surface area contributed by atoms with Crippen molar-refractivity contribution in [3.05, 3.63) is 18.1 Å². The Morgan fingerprint density at radius 1 is 1.37 bits per heavy atom. The molecule has 3 heterocycles. The Balaban J connectivity index is 1.56. The summed E-state index contributed by atoms with van der Waals surface area (Å²) in [6, 6.07) is 0.554. The van der Waals surface area contributed by atoms with Gasteiger partial charge in [-0.05, 0) is 26.7 Å². The minimum absolute atomic E-state index is 0.0807. The summed E-state index contributed by atoms with van der Waals surface area (Å²) in [5, 5.41) is 3.02. The maximum atomic E-state index is 12.5. The first-order chi connectivity index (χ1) is 12.7. The zero-order valence-electron chi connectivity index (χ0n) is 15.2. The fraction of sp³-hybridized carbons (Fsp3) is 0.706. The second-order valence-electron chi connectivity index (χ2n) is 6.91. The van der Waals surface area contributed by atoms with Crippen molar-refractivity contribution in [1.29, 1.82) is 0 Å². The average Bonchev–Trinajstić information content (AvgIpc) is 2.64. The van der Waals surface area contributed by atoms with Crippen LogP contribution in [-0.4, -0.2) is 65.1 Å². The van der Waals surface area contributed by atoms with Crippen molar-refractivity contribution < 1.29 is 27.4 Å². The maximum absolute atomic E-state index is 12.5. The number of nitrogens with one attached hydrogen (secondary N) is 1. The first kappa shape index (κ1) is 19.8. The number of hydrogen-bond donors (Lipinski definition) is 1. The van der Waals surface area contributed by atoms with Gasteiger partial charge in [0.05, 0.1) is 6.04 Å². The lowest BCUT2D eigenvalue weighted by molar-refractivity contribution is -0.359. The van der Waals surface area contributed by atoms with Crippen molar-refractivity contribution in [3.63, 3.8) is 0 Å². The lowest BCUT2D eigenvalue weighted by Gasteiger charge is -2.46. The summed E-state index contributed by atoms with van der Waals surface area (Å²) < 4.78 is 46.3. The molecule has 150 valence electrons. The number of alkyl halides is 3. The van der Waals surface area contributed by atoms with Crippen LogP contribution >= 0.6 is 0 Å². The highest BCUT2D eigenvalue weighted by molar-refractivity contribution is 5.85. The number of likely N-dealkylation sites (tertiary alicyclic amines) is 1. The molecule has 0 aromatic carbocycles. The Morgan fingerprint density at radius 2 is 2.07 bits per heavy atom. The number of hydrogen-bond acceptors (Lipinski definition) is 6. The quantitative estimate of drug-likeness (QED) is 0.834. The van der Waals surface area contributed by atoms with E-state index < -0.39 is 24.6 Å². The Kier molecular flexibility index (Phi) is 5.85. The first-order valence-electron chi connectivity index (χ1n) is 8.96. The highest BCUT2D eigenvalue weighted by Gasteiger charge is 2.46. The zero-order chi connectivity index (χ0) is 19.6. The molecule has 2 saturated heterocycles. The van der Waals surface area contributed by atoms with E-state index in [1.54, 1.807) is 13.8 Å². The van der Waals surface area contributed by atoms with Gasteiger partial charge in [0.2, 0.25) is 5.91 Å². The number of nitrogens with zero attached hydrogens (tertiary/aromatic N) is 3. The summed E-state index contributed by atoms with van der Waals surface area (Å²) in [7, 11) is 0. The molecular weight excluding hydrogens is 365 g/mol. The average molecular weight is 388 g/mol. The predicted molar refractivity (Wildman–Crippen MR) is 90.0 cm³/mol. The van der Waals surface area contributed by atoms with Gasteiger partial charge in [-0.1, -0.05) is 0 Å². The number of carbonyl (C=O) groups is 1. The smallest absolute Gasteiger partial charge is 0.381 e. The molecule has 3 atom stereocenters. The van der Waals surface area contributed by atoms with Crippen molar-refractivity contribution in [2.75, 3.05) is 25.1 Å². The summed E-state index contributed by atoms with van der Waals surface area (Å²) in [6.07, 6.45) is -2.50. The largest absolute Gasteiger partial charge is 0.522 e. The number of ether oxygens (including phenoxy) is 2. The van der Waals surface area contributed by atoms with E-state index >= 15 is 0 Å². The van der Waals surface area contributed by atoms with Crippen LogP contribution in [-0.2, 0) is 14.3 Å². The molecule has 0 bridgehead atoms. The molecule has 0 spiro atoms. The Bertz CT molecular complexity index is 667. The van der Waals surface area contributed by atoms with Crippen LogP contribution in [0.1, 0.15) is 38.3 Å². The molecular formula is C17H23F3N4O3. The summed E-state index contributed by atoms with van der Waals surface area (Å²) >= 11 is 0. The van der Waals surface area contributed by atoms with Gasteiger partial charge in [0, 0.05) is 37.4 Å². The molecule has 0 unspecified atom stereocenters. The van der Waals surface area contributed by atoms with Gasteiger partial charge < -0.3 is 15.0 Å². The Hall–Kier alpha value is -1.94. The van der Waals surface area contributed by atoms with E-state index in [9.17, 15) is 18.0 Å². The van der Waals surface area contributed by atoms with Crippen LogP contribution in [0.25, 0.3) is 0 Å². The van der Waals surface area contributed by atoms with Gasteiger partial charge in [-0.3, -0.25) is 9.53 Å². The van der Waals surface area contributed by atoms with Gasteiger partial charge in [-0.25, -0.2) is 9.97 Å². The molecule has 2 aliphatic heterocycles. The van der Waals surface area contributed by atoms with E-state index in [1.807, 2.05) is 6.07 Å². The van der Waals surface area contributed by atoms with E-state index in [0.717, 1.165) is 18.5 Å². The Labute approximate surface area is 155 Å². The van der Waals surface area contributed by atoms with Gasteiger partial charge in [0.1, 0.15) is 24.3 Å². The first-order valence-corrected chi connectivity index (χ1v) is 8.96. The second kappa shape index (κ2) is 7.97. The van der Waals surface area contributed by atoms with Crippen LogP contribution < -0.4 is 5.32 Å². The van der Waals surface area contributed by atoms with E-state index in [4.69, 9.17) is 4.74 Å². The van der Waals surface area contributed by atoms with Crippen LogP contribution in [0, 0.1) is 0 Å². The summed E-state index contributed by atoms with van der Waals surface area (Å²) in [5.41, 5.74) is 0.895. The van der Waals surface area contributed by atoms with Crippen molar-refractivity contribution in [3.8, 4) is 0 Å². The number of halogens is 3. The number of carbonyl (C=O) groups excluding carboxylic acids is 1. The van der Waals surface area contributed by atoms with Gasteiger partial charge in [0.15, 0.2) is 0 Å². The molecule has 27 heavy (non-hydrogen) atoms. The second-order valence-corrected chi connectivity index (χ2v) is 6.91. The fourth-order valence-electron chi connectivity index (χ4n) is 3.37. The summed E-state index contributed by atoms with van der Waals surface area (Å²) in [6.45, 7) is 4.50. The highest BCUT2D eigenvalue weighted by Crippen LogP contribution is 2.29. The van der Waals surface area contributed by atoms with E-state index in [-0.39, 0.29) is 12.5 Å². The van der Waals surface area contributed by atoms with Crippen molar-refractivity contribution in [2.24, 2.45) is 0 Å². The summed E-state index contributed by atoms with van der Waals surface area (Å²) in [5.74, 6) is 0.517. The third-order valence-electron chi connectivity index (χ3n) is 5.04. The monoisotopic (exact) mass is 388 g/mol. The standard InChI is InChI=1S/C17H23F3N4O3/c1-10(16(25)24-8-14(11(24)2)27-17(18,19)20)23-15-7-13(21-9-22-15)12-3-5-26-6-4-12/h7,9-12,14H,3-6,8H2,1-2H3,(H,21,22,23)/t10-,11+,14+/m1/s1. The molecule has 1 aromatic rings. The molecule has 3 rings (SSSR count). The minimum Gasteiger partial charge on any atom is -0.381 e. The van der Waals surface area contributed by atoms with Crippen molar-refractivity contribution in [1.82, 2.24) is 14.9 Å². The van der Waals surface area contributed by atoms with Gasteiger partial charge in [-0.2, -0.15) is 0 Å². The van der Waals surface area contributed by atoms with E-state index in [1.165, 1.54) is 11.2 Å². The SMILES string of the molecule is C[C@@H](Nc1cc(C2CCOCC2)ncn1)C(=O)N1C[C@H](OC(F)(F)F)[C@@H]1C. The molecule has 2 aliphatic rings. The van der Waals surface area contributed by atoms with Gasteiger partial charge in [-0.15, -0.1) is 13.2 Å². The van der Waals surface area contributed by atoms with Crippen LogP contribution in [0.4, 0.5) is 19.0 Å². The Morgan fingerprint density at radius 3 is 2.70 bits per heavy atom. The molecule has 0 saturated carbocycles. The normalized spacial score (nSPS) is 25.0.